The lowest BCUT2D eigenvalue weighted by Crippen LogP contribution is -2.05. The van der Waals surface area contributed by atoms with E-state index in [2.05, 4.69) is 203 Å². The highest BCUT2D eigenvalue weighted by molar-refractivity contribution is 6.35. The summed E-state index contributed by atoms with van der Waals surface area (Å²) >= 11 is 0. The molecule has 11 aromatic rings. The van der Waals surface area contributed by atoms with Gasteiger partial charge in [-0.1, -0.05) is 170 Å². The van der Waals surface area contributed by atoms with Crippen LogP contribution in [0, 0.1) is 24.7 Å². The van der Waals surface area contributed by atoms with Crippen LogP contribution in [-0.2, 0) is 13.1 Å². The van der Waals surface area contributed by atoms with Crippen molar-refractivity contribution in [3.05, 3.63) is 193 Å². The minimum absolute atomic E-state index is 0.129. The van der Waals surface area contributed by atoms with Gasteiger partial charge in [-0.15, -0.1) is 12.8 Å². The number of nitrogens with zero attached hydrogens (tertiary/aromatic N) is 2. The molecule has 0 radical (unpaired) electrons. The highest BCUT2D eigenvalue weighted by Crippen LogP contribution is 2.55. The highest BCUT2D eigenvalue weighted by atomic mass is 16.5. The van der Waals surface area contributed by atoms with Gasteiger partial charge in [-0.3, -0.25) is 0 Å². The van der Waals surface area contributed by atoms with Gasteiger partial charge < -0.3 is 18.6 Å². The first-order valence-electron chi connectivity index (χ1n) is 21.0. The number of ether oxygens (including phenoxy) is 2. The van der Waals surface area contributed by atoms with Crippen LogP contribution in [0.2, 0.25) is 0 Å². The molecule has 2 aromatic heterocycles. The number of aromatic nitrogens is 2. The Bertz CT molecular complexity index is 3360. The predicted octanol–water partition coefficient (Wildman–Crippen LogP) is 13.7. The van der Waals surface area contributed by atoms with Gasteiger partial charge in [0.1, 0.15) is 24.7 Å². The Kier molecular flexibility index (Phi) is 9.19. The molecular weight excluding hydrogens is 757 g/mol. The fourth-order valence-corrected chi connectivity index (χ4v) is 9.72. The molecule has 62 heavy (non-hydrogen) atoms. The van der Waals surface area contributed by atoms with Gasteiger partial charge in [-0.2, -0.15) is 0 Å². The predicted molar refractivity (Wildman–Crippen MR) is 258 cm³/mol. The van der Waals surface area contributed by atoms with Crippen LogP contribution in [0.1, 0.15) is 11.1 Å². The molecule has 0 aliphatic rings. The van der Waals surface area contributed by atoms with Crippen molar-refractivity contribution in [3.63, 3.8) is 0 Å². The average molecular weight is 797 g/mol. The van der Waals surface area contributed by atoms with Crippen molar-refractivity contribution in [2.75, 3.05) is 13.2 Å². The lowest BCUT2D eigenvalue weighted by molar-refractivity contribution is 0.372. The Morgan fingerprint density at radius 2 is 0.742 bits per heavy atom. The molecule has 4 heteroatoms. The summed E-state index contributed by atoms with van der Waals surface area (Å²) in [5.74, 6) is 6.98. The molecule has 0 N–H and O–H groups in total. The second-order valence-corrected chi connectivity index (χ2v) is 15.7. The number of hydrogen-bond donors (Lipinski definition) is 0. The van der Waals surface area contributed by atoms with Crippen LogP contribution in [0.25, 0.3) is 87.4 Å². The summed E-state index contributed by atoms with van der Waals surface area (Å²) in [5.41, 5.74) is 11.0. The quantitative estimate of drug-likeness (QED) is 0.129. The first-order valence-corrected chi connectivity index (χ1v) is 21.0. The largest absolute Gasteiger partial charge is 0.480 e. The lowest BCUT2D eigenvalue weighted by atomic mass is 9.86. The molecule has 0 spiro atoms. The van der Waals surface area contributed by atoms with Gasteiger partial charge in [0, 0.05) is 67.9 Å². The van der Waals surface area contributed by atoms with Gasteiger partial charge >= 0.3 is 0 Å². The summed E-state index contributed by atoms with van der Waals surface area (Å²) in [6, 6.07) is 64.8. The minimum atomic E-state index is 0.129. The van der Waals surface area contributed by atoms with Crippen molar-refractivity contribution in [1.29, 1.82) is 0 Å². The number of para-hydroxylation sites is 2. The molecule has 0 saturated heterocycles. The molecule has 0 bridgehead atoms. The molecular formula is C58H40N2O2. The van der Waals surface area contributed by atoms with Crippen LogP contribution in [-0.4, -0.2) is 22.3 Å². The lowest BCUT2D eigenvalue weighted by Gasteiger charge is -2.22. The Hall–Kier alpha value is -8.18. The standard InChI is InChI=1S/C58H40N2O2/c1-3-35-61-49-33-31-41-23-11-13-25-43(41)51(49)55-53-45-27-15-17-29-47(45)60(38-40-21-9-6-10-22-40)58(53)56(52-44-26-14-12-24-42(44)32-34-50(52)62-36-4-2)54-46-28-16-18-30-48(46)59(57(54)55)37-39-19-7-5-8-20-39/h1-2,5-34H,35-38H2. The van der Waals surface area contributed by atoms with E-state index in [0.29, 0.717) is 13.1 Å². The fraction of sp³-hybridized carbons (Fsp3) is 0.0690. The van der Waals surface area contributed by atoms with Crippen LogP contribution >= 0.6 is 0 Å². The van der Waals surface area contributed by atoms with Crippen LogP contribution in [0.5, 0.6) is 11.5 Å². The van der Waals surface area contributed by atoms with E-state index in [4.69, 9.17) is 22.3 Å². The number of terminal acetylenes is 2. The first-order chi connectivity index (χ1) is 30.7. The molecule has 0 atom stereocenters. The van der Waals surface area contributed by atoms with E-state index >= 15 is 0 Å². The fourth-order valence-electron chi connectivity index (χ4n) is 9.72. The van der Waals surface area contributed by atoms with E-state index in [9.17, 15) is 0 Å². The maximum Gasteiger partial charge on any atom is 0.148 e. The number of fused-ring (bicyclic) bond motifs is 8. The highest BCUT2D eigenvalue weighted by Gasteiger charge is 2.32. The smallest absolute Gasteiger partial charge is 0.148 e. The third-order valence-electron chi connectivity index (χ3n) is 12.2. The molecule has 0 aliphatic carbocycles. The van der Waals surface area contributed by atoms with E-state index in [1.54, 1.807) is 0 Å². The number of hydrogen-bond acceptors (Lipinski definition) is 2. The van der Waals surface area contributed by atoms with Gasteiger partial charge in [0.15, 0.2) is 0 Å². The Balaban J connectivity index is 1.47. The maximum absolute atomic E-state index is 6.64. The zero-order chi connectivity index (χ0) is 41.6. The second kappa shape index (κ2) is 15.4. The van der Waals surface area contributed by atoms with Crippen LogP contribution in [0.3, 0.4) is 0 Å². The molecule has 294 valence electrons. The van der Waals surface area contributed by atoms with Crippen molar-refractivity contribution < 1.29 is 9.47 Å². The minimum Gasteiger partial charge on any atom is -0.480 e. The van der Waals surface area contributed by atoms with Gasteiger partial charge in [0.2, 0.25) is 0 Å². The van der Waals surface area contributed by atoms with Crippen LogP contribution < -0.4 is 9.47 Å². The molecule has 0 saturated carbocycles. The summed E-state index contributed by atoms with van der Waals surface area (Å²) in [5, 5.41) is 8.89. The normalized spacial score (nSPS) is 11.5. The SMILES string of the molecule is C#CCOc1ccc2ccccc2c1-c1c2c3ccccc3n(Cc3ccccc3)c2c(-c2c(OCC#C)ccc3ccccc23)c2c3ccccc3n(Cc3ccccc3)c12. The van der Waals surface area contributed by atoms with E-state index in [-0.39, 0.29) is 13.2 Å². The third kappa shape index (κ3) is 5.96. The molecule has 11 rings (SSSR count). The summed E-state index contributed by atoms with van der Waals surface area (Å²) < 4.78 is 18.3. The van der Waals surface area contributed by atoms with Crippen molar-refractivity contribution in [2.24, 2.45) is 0 Å². The van der Waals surface area contributed by atoms with E-state index in [1.807, 2.05) is 0 Å². The second-order valence-electron chi connectivity index (χ2n) is 15.7. The zero-order valence-corrected chi connectivity index (χ0v) is 34.0. The Labute approximate surface area is 360 Å². The zero-order valence-electron chi connectivity index (χ0n) is 34.0. The average Bonchev–Trinajstić information content (AvgIpc) is 3.82. The van der Waals surface area contributed by atoms with Gasteiger partial charge in [-0.25, -0.2) is 0 Å². The summed E-state index contributed by atoms with van der Waals surface area (Å²) in [7, 11) is 0. The summed E-state index contributed by atoms with van der Waals surface area (Å²) in [4.78, 5) is 0. The van der Waals surface area contributed by atoms with Gasteiger partial charge in [-0.05, 0) is 56.9 Å². The van der Waals surface area contributed by atoms with Crippen LogP contribution in [0.15, 0.2) is 182 Å². The molecule has 2 heterocycles. The summed E-state index contributed by atoms with van der Waals surface area (Å²) in [6.45, 7) is 1.52. The molecule has 4 nitrogen and oxygen atoms in total. The first kappa shape index (κ1) is 36.9. The maximum atomic E-state index is 6.64. The Morgan fingerprint density at radius 1 is 0.371 bits per heavy atom. The molecule has 0 aliphatic heterocycles. The Morgan fingerprint density at radius 3 is 1.16 bits per heavy atom. The van der Waals surface area contributed by atoms with Crippen molar-refractivity contribution >= 4 is 65.2 Å². The molecule has 0 fully saturated rings. The van der Waals surface area contributed by atoms with E-state index < -0.39 is 0 Å². The number of rotatable bonds is 10. The van der Waals surface area contributed by atoms with E-state index in [1.165, 1.54) is 11.1 Å². The van der Waals surface area contributed by atoms with Gasteiger partial charge in [0.25, 0.3) is 0 Å². The molecule has 0 amide bonds. The van der Waals surface area contributed by atoms with Crippen molar-refractivity contribution in [1.82, 2.24) is 9.13 Å². The monoisotopic (exact) mass is 796 g/mol. The van der Waals surface area contributed by atoms with Crippen LogP contribution in [0.4, 0.5) is 0 Å². The van der Waals surface area contributed by atoms with Gasteiger partial charge in [0.05, 0.1) is 11.0 Å². The van der Waals surface area contributed by atoms with Crippen molar-refractivity contribution in [2.45, 2.75) is 13.1 Å². The molecule has 0 unspecified atom stereocenters. The summed E-state index contributed by atoms with van der Waals surface area (Å²) in [6.07, 6.45) is 11.9. The number of benzene rings is 9. The van der Waals surface area contributed by atoms with Crippen molar-refractivity contribution in [3.8, 4) is 58.4 Å². The van der Waals surface area contributed by atoms with E-state index in [0.717, 1.165) is 98.9 Å². The topological polar surface area (TPSA) is 28.3 Å². The molecule has 9 aromatic carbocycles. The third-order valence-corrected chi connectivity index (χ3v) is 12.2.